The average molecular weight is 402 g/mol. The fourth-order valence-corrected chi connectivity index (χ4v) is 6.12. The molecule has 0 atom stereocenters. The second-order valence-corrected chi connectivity index (χ2v) is 8.80. The van der Waals surface area contributed by atoms with Crippen molar-refractivity contribution in [2.75, 3.05) is 13.2 Å². The number of amides is 1. The molecule has 1 aromatic rings. The van der Waals surface area contributed by atoms with Crippen molar-refractivity contribution in [1.82, 2.24) is 4.90 Å². The quantitative estimate of drug-likeness (QED) is 0.678. The maximum atomic E-state index is 13.8. The Morgan fingerprint density at radius 3 is 2.31 bits per heavy atom. The van der Waals surface area contributed by atoms with E-state index in [9.17, 15) is 18.4 Å². The van der Waals surface area contributed by atoms with Crippen LogP contribution >= 0.6 is 0 Å². The Kier molecular flexibility index (Phi) is 5.28. The summed E-state index contributed by atoms with van der Waals surface area (Å²) in [5, 5.41) is 9.05. The molecule has 1 aromatic carbocycles. The highest BCUT2D eigenvalue weighted by Crippen LogP contribution is 2.57. The Bertz CT molecular complexity index is 829. The van der Waals surface area contributed by atoms with Gasteiger partial charge in [-0.25, -0.2) is 13.6 Å². The highest BCUT2D eigenvalue weighted by atomic mass is 19.1. The molecule has 0 N–H and O–H groups in total. The molecule has 4 aliphatic rings. The first kappa shape index (κ1) is 19.8. The molecule has 0 aromatic heterocycles. The summed E-state index contributed by atoms with van der Waals surface area (Å²) < 4.78 is 31.9. The number of nitrogens with zero attached hydrogens (tertiary/aromatic N) is 2. The molecule has 154 valence electrons. The third kappa shape index (κ3) is 3.85. The van der Waals surface area contributed by atoms with Crippen LogP contribution in [-0.4, -0.2) is 35.5 Å². The first-order chi connectivity index (χ1) is 13.9. The van der Waals surface area contributed by atoms with E-state index in [2.05, 4.69) is 6.07 Å². The maximum absolute atomic E-state index is 13.8. The van der Waals surface area contributed by atoms with E-state index in [1.165, 1.54) is 19.3 Å². The van der Waals surface area contributed by atoms with Gasteiger partial charge < -0.3 is 9.64 Å². The number of hydrogen-bond acceptors (Lipinski definition) is 4. The van der Waals surface area contributed by atoms with Crippen LogP contribution in [0, 0.1) is 40.7 Å². The van der Waals surface area contributed by atoms with Gasteiger partial charge in [-0.2, -0.15) is 5.26 Å². The molecule has 4 saturated carbocycles. The molecule has 0 aliphatic heterocycles. The summed E-state index contributed by atoms with van der Waals surface area (Å²) in [6.45, 7) is -0.202. The van der Waals surface area contributed by atoms with Crippen molar-refractivity contribution >= 4 is 11.9 Å². The Labute approximate surface area is 168 Å². The lowest BCUT2D eigenvalue weighted by atomic mass is 9.52. The summed E-state index contributed by atoms with van der Waals surface area (Å²) in [6.07, 6.45) is 6.70. The lowest BCUT2D eigenvalue weighted by molar-refractivity contribution is -0.153. The van der Waals surface area contributed by atoms with Crippen LogP contribution in [0.1, 0.15) is 55.3 Å². The fraction of sp³-hybridized carbons (Fsp3) is 0.591. The minimum absolute atomic E-state index is 0.216. The van der Waals surface area contributed by atoms with Crippen LogP contribution in [0.25, 0.3) is 0 Å². The van der Waals surface area contributed by atoms with Gasteiger partial charge >= 0.3 is 5.97 Å². The first-order valence-corrected chi connectivity index (χ1v) is 10.2. The molecule has 4 fully saturated rings. The van der Waals surface area contributed by atoms with Crippen LogP contribution < -0.4 is 0 Å². The van der Waals surface area contributed by atoms with Crippen LogP contribution in [0.3, 0.4) is 0 Å². The van der Waals surface area contributed by atoms with E-state index in [1.54, 1.807) is 4.90 Å². The third-order valence-electron chi connectivity index (χ3n) is 6.80. The Hall–Kier alpha value is -2.49. The lowest BCUT2D eigenvalue weighted by Gasteiger charge is -2.60. The van der Waals surface area contributed by atoms with Gasteiger partial charge in [-0.15, -0.1) is 0 Å². The zero-order chi connectivity index (χ0) is 20.6. The van der Waals surface area contributed by atoms with E-state index >= 15 is 0 Å². The molecule has 0 radical (unpaired) electrons. The van der Waals surface area contributed by atoms with Crippen molar-refractivity contribution in [2.24, 2.45) is 17.8 Å². The minimum atomic E-state index is -1.02. The van der Waals surface area contributed by atoms with Crippen LogP contribution in [-0.2, 0) is 9.53 Å². The number of benzene rings is 1. The van der Waals surface area contributed by atoms with E-state index < -0.39 is 29.8 Å². The molecular weight excluding hydrogens is 378 g/mol. The summed E-state index contributed by atoms with van der Waals surface area (Å²) in [7, 11) is 0. The number of halogens is 2. The van der Waals surface area contributed by atoms with Gasteiger partial charge in [-0.05, 0) is 68.4 Å². The van der Waals surface area contributed by atoms with Crippen LogP contribution in [0.2, 0.25) is 0 Å². The summed E-state index contributed by atoms with van der Waals surface area (Å²) >= 11 is 0. The van der Waals surface area contributed by atoms with Crippen molar-refractivity contribution in [2.45, 2.75) is 50.5 Å². The van der Waals surface area contributed by atoms with Gasteiger partial charge in [0.15, 0.2) is 6.61 Å². The topological polar surface area (TPSA) is 70.4 Å². The van der Waals surface area contributed by atoms with Gasteiger partial charge in [-0.1, -0.05) is 0 Å². The van der Waals surface area contributed by atoms with E-state index in [0.29, 0.717) is 30.4 Å². The Morgan fingerprint density at radius 1 is 1.14 bits per heavy atom. The molecule has 29 heavy (non-hydrogen) atoms. The fourth-order valence-electron chi connectivity index (χ4n) is 6.12. The van der Waals surface area contributed by atoms with Crippen molar-refractivity contribution in [3.8, 4) is 6.07 Å². The summed E-state index contributed by atoms with van der Waals surface area (Å²) in [5.74, 6) is -1.30. The summed E-state index contributed by atoms with van der Waals surface area (Å²) in [5.41, 5.74) is -0.659. The number of esters is 1. The number of ether oxygens (including phenoxy) is 1. The van der Waals surface area contributed by atoms with E-state index in [-0.39, 0.29) is 17.9 Å². The molecule has 4 bridgehead atoms. The molecule has 5 nitrogen and oxygen atoms in total. The monoisotopic (exact) mass is 402 g/mol. The summed E-state index contributed by atoms with van der Waals surface area (Å²) in [6, 6.07) is 4.68. The third-order valence-corrected chi connectivity index (χ3v) is 6.80. The van der Waals surface area contributed by atoms with Gasteiger partial charge in [0.1, 0.15) is 11.6 Å². The normalized spacial score (nSPS) is 29.3. The van der Waals surface area contributed by atoms with Gasteiger partial charge in [0, 0.05) is 18.2 Å². The van der Waals surface area contributed by atoms with Crippen molar-refractivity contribution in [3.05, 3.63) is 35.4 Å². The van der Waals surface area contributed by atoms with Gasteiger partial charge in [0.25, 0.3) is 5.91 Å². The van der Waals surface area contributed by atoms with Gasteiger partial charge in [0.2, 0.25) is 0 Å². The molecule has 7 heteroatoms. The minimum Gasteiger partial charge on any atom is -0.452 e. The highest BCUT2D eigenvalue weighted by molar-refractivity contribution is 5.91. The largest absolute Gasteiger partial charge is 0.452 e. The predicted molar refractivity (Wildman–Crippen MR) is 99.5 cm³/mol. The van der Waals surface area contributed by atoms with Crippen molar-refractivity contribution in [1.29, 1.82) is 5.26 Å². The molecule has 0 heterocycles. The van der Waals surface area contributed by atoms with Crippen molar-refractivity contribution in [3.63, 3.8) is 0 Å². The zero-order valence-electron chi connectivity index (χ0n) is 16.2. The highest BCUT2D eigenvalue weighted by Gasteiger charge is 2.54. The number of hydrogen-bond donors (Lipinski definition) is 0. The van der Waals surface area contributed by atoms with E-state index in [4.69, 9.17) is 10.00 Å². The van der Waals surface area contributed by atoms with Crippen LogP contribution in [0.4, 0.5) is 8.78 Å². The van der Waals surface area contributed by atoms with Crippen molar-refractivity contribution < 1.29 is 23.1 Å². The average Bonchev–Trinajstić information content (AvgIpc) is 2.65. The Balaban J connectivity index is 1.47. The smallest absolute Gasteiger partial charge is 0.341 e. The zero-order valence-corrected chi connectivity index (χ0v) is 16.2. The molecule has 0 unspecified atom stereocenters. The van der Waals surface area contributed by atoms with Gasteiger partial charge in [-0.3, -0.25) is 4.79 Å². The molecule has 0 saturated heterocycles. The second-order valence-electron chi connectivity index (χ2n) is 8.80. The maximum Gasteiger partial charge on any atom is 0.341 e. The molecule has 1 amide bonds. The number of carbonyl (C=O) groups excluding carboxylic acids is 2. The molecule has 0 spiro atoms. The molecular formula is C22H24F2N2O3. The summed E-state index contributed by atoms with van der Waals surface area (Å²) in [4.78, 5) is 26.9. The van der Waals surface area contributed by atoms with E-state index in [0.717, 1.165) is 31.4 Å². The van der Waals surface area contributed by atoms with Gasteiger partial charge in [0.05, 0.1) is 18.1 Å². The number of nitriles is 1. The number of rotatable bonds is 6. The Morgan fingerprint density at radius 2 is 1.76 bits per heavy atom. The predicted octanol–water partition coefficient (Wildman–Crippen LogP) is 3.83. The van der Waals surface area contributed by atoms with Crippen LogP contribution in [0.5, 0.6) is 0 Å². The number of carbonyl (C=O) groups is 2. The second kappa shape index (κ2) is 7.74. The molecule has 4 aliphatic carbocycles. The SMILES string of the molecule is N#CCCN(C(=O)COC(=O)c1ccc(F)cc1F)C12CC3CC(CC(C3)C1)C2. The lowest BCUT2D eigenvalue weighted by Crippen LogP contribution is -2.62. The van der Waals surface area contributed by atoms with Crippen LogP contribution in [0.15, 0.2) is 18.2 Å². The first-order valence-electron chi connectivity index (χ1n) is 10.2. The molecule has 5 rings (SSSR count). The standard InChI is InChI=1S/C22H24F2N2O3/c23-17-2-3-18(19(24)9-17)21(28)29-13-20(27)26(5-1-4-25)22-10-14-6-15(11-22)8-16(7-14)12-22/h2-3,9,14-16H,1,5-8,10-13H2. The van der Waals surface area contributed by atoms with E-state index in [1.807, 2.05) is 0 Å².